The van der Waals surface area contributed by atoms with Crippen molar-refractivity contribution >= 4 is 11.7 Å². The van der Waals surface area contributed by atoms with Crippen LogP contribution in [-0.2, 0) is 0 Å². The van der Waals surface area contributed by atoms with Crippen LogP contribution in [0.5, 0.6) is 0 Å². The molecule has 2 aromatic rings. The SMILES string of the molecule is CC(=O)c1c[nH]c(C(=O)NCC(c2ccco2)N(C)C)c1. The van der Waals surface area contributed by atoms with E-state index >= 15 is 0 Å². The zero-order chi connectivity index (χ0) is 15.4. The Hall–Kier alpha value is -2.34. The summed E-state index contributed by atoms with van der Waals surface area (Å²) in [6.07, 6.45) is 3.14. The summed E-state index contributed by atoms with van der Waals surface area (Å²) >= 11 is 0. The minimum absolute atomic E-state index is 0.0498. The molecule has 6 nitrogen and oxygen atoms in total. The highest BCUT2D eigenvalue weighted by Crippen LogP contribution is 2.17. The Morgan fingerprint density at radius 3 is 2.71 bits per heavy atom. The van der Waals surface area contributed by atoms with Gasteiger partial charge in [0.1, 0.15) is 11.5 Å². The van der Waals surface area contributed by atoms with Gasteiger partial charge in [-0.05, 0) is 39.2 Å². The number of carbonyl (C=O) groups is 2. The molecule has 0 spiro atoms. The standard InChI is InChI=1S/C15H19N3O3/c1-10(19)11-7-12(16-8-11)15(20)17-9-13(18(2)3)14-5-4-6-21-14/h4-8,13,16H,9H2,1-3H3,(H,17,20). The van der Waals surface area contributed by atoms with Gasteiger partial charge < -0.3 is 14.7 Å². The van der Waals surface area contributed by atoms with Crippen molar-refractivity contribution in [2.24, 2.45) is 0 Å². The highest BCUT2D eigenvalue weighted by atomic mass is 16.3. The molecule has 0 aliphatic rings. The van der Waals surface area contributed by atoms with Crippen LogP contribution >= 0.6 is 0 Å². The van der Waals surface area contributed by atoms with Gasteiger partial charge in [-0.3, -0.25) is 14.5 Å². The van der Waals surface area contributed by atoms with Gasteiger partial charge in [0.05, 0.1) is 12.3 Å². The molecule has 2 heterocycles. The third-order valence-corrected chi connectivity index (χ3v) is 3.29. The number of aromatic amines is 1. The van der Waals surface area contributed by atoms with Crippen molar-refractivity contribution in [3.05, 3.63) is 47.7 Å². The normalized spacial score (nSPS) is 12.4. The molecule has 2 aromatic heterocycles. The zero-order valence-electron chi connectivity index (χ0n) is 12.3. The first-order valence-electron chi connectivity index (χ1n) is 6.66. The van der Waals surface area contributed by atoms with Gasteiger partial charge in [0.2, 0.25) is 0 Å². The van der Waals surface area contributed by atoms with Gasteiger partial charge in [-0.2, -0.15) is 0 Å². The van der Waals surface area contributed by atoms with Gasteiger partial charge in [0.15, 0.2) is 5.78 Å². The van der Waals surface area contributed by atoms with E-state index in [1.165, 1.54) is 13.1 Å². The van der Waals surface area contributed by atoms with E-state index in [4.69, 9.17) is 4.42 Å². The van der Waals surface area contributed by atoms with Crippen LogP contribution in [0, 0.1) is 0 Å². The van der Waals surface area contributed by atoms with E-state index in [1.54, 1.807) is 12.3 Å². The number of furan rings is 1. The summed E-state index contributed by atoms with van der Waals surface area (Å²) < 4.78 is 5.39. The molecule has 0 fully saturated rings. The number of ketones is 1. The van der Waals surface area contributed by atoms with Gasteiger partial charge in [-0.25, -0.2) is 0 Å². The second kappa shape index (κ2) is 6.41. The van der Waals surface area contributed by atoms with Crippen LogP contribution in [0.15, 0.2) is 35.1 Å². The van der Waals surface area contributed by atoms with Crippen molar-refractivity contribution in [1.29, 1.82) is 0 Å². The third kappa shape index (κ3) is 3.61. The van der Waals surface area contributed by atoms with Crippen LogP contribution in [0.2, 0.25) is 0 Å². The summed E-state index contributed by atoms with van der Waals surface area (Å²) in [4.78, 5) is 28.1. The number of H-pyrrole nitrogens is 1. The summed E-state index contributed by atoms with van der Waals surface area (Å²) in [5.74, 6) is 0.462. The zero-order valence-corrected chi connectivity index (χ0v) is 12.3. The minimum Gasteiger partial charge on any atom is -0.468 e. The Kier molecular flexibility index (Phi) is 4.59. The third-order valence-electron chi connectivity index (χ3n) is 3.29. The fraction of sp³-hybridized carbons (Fsp3) is 0.333. The molecular weight excluding hydrogens is 270 g/mol. The maximum Gasteiger partial charge on any atom is 0.267 e. The predicted octanol–water partition coefficient (Wildman–Crippen LogP) is 1.84. The number of hydrogen-bond donors (Lipinski definition) is 2. The average molecular weight is 289 g/mol. The first-order chi connectivity index (χ1) is 9.99. The number of hydrogen-bond acceptors (Lipinski definition) is 4. The van der Waals surface area contributed by atoms with E-state index in [2.05, 4.69) is 10.3 Å². The van der Waals surface area contributed by atoms with E-state index in [0.717, 1.165) is 5.76 Å². The van der Waals surface area contributed by atoms with Gasteiger partial charge in [-0.15, -0.1) is 0 Å². The first kappa shape index (κ1) is 15.1. The Morgan fingerprint density at radius 2 is 2.19 bits per heavy atom. The summed E-state index contributed by atoms with van der Waals surface area (Å²) in [6.45, 7) is 1.87. The van der Waals surface area contributed by atoms with Crippen LogP contribution in [0.1, 0.15) is 39.6 Å². The highest BCUT2D eigenvalue weighted by molar-refractivity contribution is 5.99. The number of carbonyl (C=O) groups excluding carboxylic acids is 2. The Labute approximate surface area is 123 Å². The monoisotopic (exact) mass is 289 g/mol. The van der Waals surface area contributed by atoms with E-state index < -0.39 is 0 Å². The summed E-state index contributed by atoms with van der Waals surface area (Å²) in [5.41, 5.74) is 0.868. The molecule has 0 radical (unpaired) electrons. The second-order valence-electron chi connectivity index (χ2n) is 5.06. The largest absolute Gasteiger partial charge is 0.468 e. The maximum absolute atomic E-state index is 12.1. The van der Waals surface area contributed by atoms with Crippen LogP contribution in [-0.4, -0.2) is 42.2 Å². The lowest BCUT2D eigenvalue weighted by Crippen LogP contribution is -2.34. The van der Waals surface area contributed by atoms with Crippen LogP contribution < -0.4 is 5.32 Å². The number of likely N-dealkylation sites (N-methyl/N-ethyl adjacent to an activating group) is 1. The van der Waals surface area contributed by atoms with Gasteiger partial charge in [0.25, 0.3) is 5.91 Å². The number of nitrogens with one attached hydrogen (secondary N) is 2. The molecule has 0 bridgehead atoms. The molecule has 0 aliphatic carbocycles. The van der Waals surface area contributed by atoms with Gasteiger partial charge >= 0.3 is 0 Å². The molecule has 0 saturated heterocycles. The molecule has 0 aromatic carbocycles. The van der Waals surface area contributed by atoms with Crippen molar-refractivity contribution < 1.29 is 14.0 Å². The molecule has 1 unspecified atom stereocenters. The van der Waals surface area contributed by atoms with Crippen molar-refractivity contribution in [1.82, 2.24) is 15.2 Å². The Morgan fingerprint density at radius 1 is 1.43 bits per heavy atom. The first-order valence-corrected chi connectivity index (χ1v) is 6.66. The number of aromatic nitrogens is 1. The quantitative estimate of drug-likeness (QED) is 0.795. The average Bonchev–Trinajstić information content (AvgIpc) is 3.09. The van der Waals surface area contributed by atoms with Gasteiger partial charge in [0, 0.05) is 18.3 Å². The lowest BCUT2D eigenvalue weighted by molar-refractivity contribution is 0.0934. The molecule has 6 heteroatoms. The van der Waals surface area contributed by atoms with Crippen LogP contribution in [0.3, 0.4) is 0 Å². The Balaban J connectivity index is 2.00. The summed E-state index contributed by atoms with van der Waals surface area (Å²) in [7, 11) is 3.84. The topological polar surface area (TPSA) is 78.3 Å². The lowest BCUT2D eigenvalue weighted by atomic mass is 10.2. The number of rotatable bonds is 6. The summed E-state index contributed by atoms with van der Waals surface area (Å²) in [6, 6.07) is 5.19. The van der Waals surface area contributed by atoms with E-state index in [1.807, 2.05) is 31.1 Å². The van der Waals surface area contributed by atoms with Gasteiger partial charge in [-0.1, -0.05) is 0 Å². The van der Waals surface area contributed by atoms with Crippen molar-refractivity contribution in [3.8, 4) is 0 Å². The van der Waals surface area contributed by atoms with Crippen molar-refractivity contribution in [3.63, 3.8) is 0 Å². The molecule has 112 valence electrons. The number of nitrogens with zero attached hydrogens (tertiary/aromatic N) is 1. The minimum atomic E-state index is -0.249. The molecule has 1 amide bonds. The molecule has 21 heavy (non-hydrogen) atoms. The number of Topliss-reactive ketones (excluding diaryl/α,β-unsaturated/α-hetero) is 1. The smallest absolute Gasteiger partial charge is 0.267 e. The second-order valence-corrected chi connectivity index (χ2v) is 5.06. The molecule has 2 rings (SSSR count). The predicted molar refractivity (Wildman–Crippen MR) is 78.3 cm³/mol. The van der Waals surface area contributed by atoms with Crippen LogP contribution in [0.4, 0.5) is 0 Å². The fourth-order valence-corrected chi connectivity index (χ4v) is 2.03. The number of amides is 1. The molecule has 0 saturated carbocycles. The van der Waals surface area contributed by atoms with E-state index in [0.29, 0.717) is 17.8 Å². The molecule has 2 N–H and O–H groups in total. The summed E-state index contributed by atoms with van der Waals surface area (Å²) in [5, 5.41) is 2.84. The lowest BCUT2D eigenvalue weighted by Gasteiger charge is -2.22. The molecular formula is C15H19N3O3. The fourth-order valence-electron chi connectivity index (χ4n) is 2.03. The van der Waals surface area contributed by atoms with Crippen LogP contribution in [0.25, 0.3) is 0 Å². The molecule has 0 aliphatic heterocycles. The van der Waals surface area contributed by atoms with E-state index in [9.17, 15) is 9.59 Å². The maximum atomic E-state index is 12.1. The van der Waals surface area contributed by atoms with Crippen molar-refractivity contribution in [2.45, 2.75) is 13.0 Å². The Bertz CT molecular complexity index is 614. The van der Waals surface area contributed by atoms with Crippen molar-refractivity contribution in [2.75, 3.05) is 20.6 Å². The highest BCUT2D eigenvalue weighted by Gasteiger charge is 2.19. The molecule has 1 atom stereocenters. The van der Waals surface area contributed by atoms with E-state index in [-0.39, 0.29) is 17.7 Å².